The van der Waals surface area contributed by atoms with Crippen molar-refractivity contribution in [1.82, 2.24) is 5.32 Å². The van der Waals surface area contributed by atoms with Crippen LogP contribution in [-0.2, 0) is 16.1 Å². The Morgan fingerprint density at radius 3 is 2.45 bits per heavy atom. The van der Waals surface area contributed by atoms with E-state index in [0.29, 0.717) is 31.0 Å². The van der Waals surface area contributed by atoms with Gasteiger partial charge in [0.25, 0.3) is 5.91 Å². The monoisotopic (exact) mass is 575 g/mol. The van der Waals surface area contributed by atoms with Crippen molar-refractivity contribution in [1.29, 1.82) is 0 Å². The standard InChI is InChI=1S/C32H38ClNO4S.Li.H/c1-4-5-11-24(26-13-8-9-14-29(26)33)21-38-20-23-15-16-27(28(19-23)25-12-7-6-10-22(25)2)31(35)34-30(32(36)37)17-18-39-3;;/h6-10,12-16,19,24,30H,4-5,11,17-18,20-21H2,1-3H3,(H,34,35)(H,36,37);;/q;+1;-1. The number of thioether (sulfide) groups is 1. The molecule has 0 radical (unpaired) electrons. The van der Waals surface area contributed by atoms with E-state index in [-0.39, 0.29) is 26.2 Å². The summed E-state index contributed by atoms with van der Waals surface area (Å²) < 4.78 is 6.21. The molecule has 1 amide bonds. The molecule has 0 heterocycles. The van der Waals surface area contributed by atoms with Crippen LogP contribution in [-0.4, -0.2) is 41.6 Å². The van der Waals surface area contributed by atoms with E-state index < -0.39 is 17.9 Å². The van der Waals surface area contributed by atoms with Crippen molar-refractivity contribution in [2.45, 2.75) is 58.1 Å². The molecule has 40 heavy (non-hydrogen) atoms. The number of carboxylic acid groups (broad SMARTS) is 1. The van der Waals surface area contributed by atoms with Crippen molar-refractivity contribution in [3.63, 3.8) is 0 Å². The molecule has 0 saturated carbocycles. The van der Waals surface area contributed by atoms with Gasteiger partial charge in [0.15, 0.2) is 0 Å². The van der Waals surface area contributed by atoms with Crippen LogP contribution in [0.4, 0.5) is 0 Å². The van der Waals surface area contributed by atoms with Crippen LogP contribution >= 0.6 is 23.4 Å². The first kappa shape index (κ1) is 34.0. The third-order valence-electron chi connectivity index (χ3n) is 6.82. The largest absolute Gasteiger partial charge is 1.00 e. The summed E-state index contributed by atoms with van der Waals surface area (Å²) in [6.07, 6.45) is 5.46. The number of nitrogens with one attached hydrogen (secondary N) is 1. The number of hydrogen-bond acceptors (Lipinski definition) is 4. The maximum absolute atomic E-state index is 13.3. The number of ether oxygens (including phenoxy) is 1. The molecule has 3 rings (SSSR count). The first-order chi connectivity index (χ1) is 18.8. The third-order valence-corrected chi connectivity index (χ3v) is 7.81. The molecule has 0 spiro atoms. The molecule has 0 bridgehead atoms. The first-order valence-corrected chi connectivity index (χ1v) is 15.2. The summed E-state index contributed by atoms with van der Waals surface area (Å²) >= 11 is 8.05. The van der Waals surface area contributed by atoms with Gasteiger partial charge in [-0.1, -0.05) is 79.9 Å². The second kappa shape index (κ2) is 17.6. The predicted molar refractivity (Wildman–Crippen MR) is 163 cm³/mol. The molecule has 2 N–H and O–H groups in total. The fraction of sp³-hybridized carbons (Fsp3) is 0.375. The molecule has 3 aromatic carbocycles. The van der Waals surface area contributed by atoms with Crippen molar-refractivity contribution >= 4 is 35.2 Å². The van der Waals surface area contributed by atoms with E-state index in [0.717, 1.165) is 52.1 Å². The summed E-state index contributed by atoms with van der Waals surface area (Å²) in [5.41, 5.74) is 5.21. The average Bonchev–Trinajstić information content (AvgIpc) is 2.93. The van der Waals surface area contributed by atoms with Crippen molar-refractivity contribution in [2.24, 2.45) is 0 Å². The molecule has 5 nitrogen and oxygen atoms in total. The summed E-state index contributed by atoms with van der Waals surface area (Å²) in [6.45, 7) is 5.11. The minimum atomic E-state index is -1.03. The summed E-state index contributed by atoms with van der Waals surface area (Å²) in [6, 6.07) is 20.5. The fourth-order valence-corrected chi connectivity index (χ4v) is 5.37. The van der Waals surface area contributed by atoms with Crippen LogP contribution < -0.4 is 24.2 Å². The van der Waals surface area contributed by atoms with Crippen molar-refractivity contribution < 1.29 is 39.7 Å². The van der Waals surface area contributed by atoms with Crippen LogP contribution in [0.1, 0.15) is 67.0 Å². The van der Waals surface area contributed by atoms with E-state index in [4.69, 9.17) is 16.3 Å². The van der Waals surface area contributed by atoms with Crippen molar-refractivity contribution in [3.8, 4) is 11.1 Å². The van der Waals surface area contributed by atoms with Crippen molar-refractivity contribution in [3.05, 3.63) is 94.0 Å². The van der Waals surface area contributed by atoms with Crippen molar-refractivity contribution in [2.75, 3.05) is 18.6 Å². The second-order valence-electron chi connectivity index (χ2n) is 9.72. The number of rotatable bonds is 15. The number of aryl methyl sites for hydroxylation is 1. The molecular weight excluding hydrogens is 537 g/mol. The van der Waals surface area contributed by atoms with Gasteiger partial charge in [-0.15, -0.1) is 0 Å². The van der Waals surface area contributed by atoms with Gasteiger partial charge in [-0.2, -0.15) is 11.8 Å². The Kier molecular flexibility index (Phi) is 14.9. The number of halogens is 1. The van der Waals surface area contributed by atoms with Gasteiger partial charge in [-0.25, -0.2) is 4.79 Å². The van der Waals surface area contributed by atoms with Crippen LogP contribution in [0.3, 0.4) is 0 Å². The quantitative estimate of drug-likeness (QED) is 0.253. The molecule has 0 aromatic heterocycles. The number of carbonyl (C=O) groups is 2. The summed E-state index contributed by atoms with van der Waals surface area (Å²) in [5.74, 6) is -0.580. The third kappa shape index (κ3) is 9.71. The first-order valence-electron chi connectivity index (χ1n) is 13.4. The van der Waals surface area contributed by atoms with E-state index in [1.807, 2.05) is 67.8 Å². The van der Waals surface area contributed by atoms with Gasteiger partial charge in [-0.05, 0) is 77.8 Å². The number of hydrogen-bond donors (Lipinski definition) is 2. The molecule has 3 aromatic rings. The number of aliphatic carboxylic acids is 1. The van der Waals surface area contributed by atoms with Crippen LogP contribution in [0.15, 0.2) is 66.7 Å². The van der Waals surface area contributed by atoms with Crippen LogP contribution in [0.5, 0.6) is 0 Å². The molecule has 210 valence electrons. The Morgan fingerprint density at radius 1 is 1.05 bits per heavy atom. The minimum Gasteiger partial charge on any atom is -1.00 e. The number of benzene rings is 3. The Balaban J connectivity index is 0.00000420. The molecule has 0 aliphatic carbocycles. The van der Waals surface area contributed by atoms with Gasteiger partial charge in [0.05, 0.1) is 13.2 Å². The number of unbranched alkanes of at least 4 members (excludes halogenated alkanes) is 1. The SMILES string of the molecule is CCCCC(COCc1ccc(C(=O)NC(CCSC)C(=O)O)c(-c2ccccc2C)c1)c1ccccc1Cl.[H-].[Li+]. The van der Waals surface area contributed by atoms with E-state index in [2.05, 4.69) is 18.3 Å². The molecule has 0 saturated heterocycles. The molecular formula is C32H39ClLiNO4S. The van der Waals surface area contributed by atoms with Gasteiger partial charge in [0, 0.05) is 16.5 Å². The average molecular weight is 576 g/mol. The van der Waals surface area contributed by atoms with E-state index in [1.165, 1.54) is 0 Å². The predicted octanol–water partition coefficient (Wildman–Crippen LogP) is 4.86. The van der Waals surface area contributed by atoms with E-state index in [1.54, 1.807) is 17.8 Å². The summed E-state index contributed by atoms with van der Waals surface area (Å²) in [7, 11) is 0. The zero-order valence-electron chi connectivity index (χ0n) is 24.9. The Morgan fingerprint density at radius 2 is 1.77 bits per heavy atom. The Labute approximate surface area is 261 Å². The fourth-order valence-electron chi connectivity index (χ4n) is 4.61. The maximum atomic E-state index is 13.3. The Hall–Kier alpha value is -2.20. The smallest absolute Gasteiger partial charge is 1.00 e. The topological polar surface area (TPSA) is 75.6 Å². The summed E-state index contributed by atoms with van der Waals surface area (Å²) in [4.78, 5) is 25.1. The zero-order valence-corrected chi connectivity index (χ0v) is 25.5. The van der Waals surface area contributed by atoms with Gasteiger partial charge < -0.3 is 16.6 Å². The second-order valence-corrected chi connectivity index (χ2v) is 11.1. The van der Waals surface area contributed by atoms with Gasteiger partial charge in [0.1, 0.15) is 6.04 Å². The number of carboxylic acids is 1. The molecule has 8 heteroatoms. The van der Waals surface area contributed by atoms with E-state index in [9.17, 15) is 14.7 Å². The van der Waals surface area contributed by atoms with Gasteiger partial charge in [0.2, 0.25) is 0 Å². The molecule has 0 fully saturated rings. The minimum absolute atomic E-state index is 0. The summed E-state index contributed by atoms with van der Waals surface area (Å²) in [5, 5.41) is 13.1. The van der Waals surface area contributed by atoms with Crippen LogP contribution in [0.25, 0.3) is 11.1 Å². The normalized spacial score (nSPS) is 12.3. The van der Waals surface area contributed by atoms with Gasteiger partial charge in [-0.3, -0.25) is 4.79 Å². The van der Waals surface area contributed by atoms with Gasteiger partial charge >= 0.3 is 24.8 Å². The Bertz CT molecular complexity index is 1260. The van der Waals surface area contributed by atoms with Crippen LogP contribution in [0, 0.1) is 6.92 Å². The molecule has 0 aliphatic rings. The molecule has 2 atom stereocenters. The number of amides is 1. The maximum Gasteiger partial charge on any atom is 1.00 e. The molecule has 2 unspecified atom stereocenters. The van der Waals surface area contributed by atoms with E-state index >= 15 is 0 Å². The van der Waals surface area contributed by atoms with Crippen LogP contribution in [0.2, 0.25) is 5.02 Å². The number of carbonyl (C=O) groups excluding carboxylic acids is 1. The zero-order chi connectivity index (χ0) is 28.2. The molecule has 0 aliphatic heterocycles.